The molecule has 0 saturated heterocycles. The highest BCUT2D eigenvalue weighted by molar-refractivity contribution is 7.85. The second-order valence-corrected chi connectivity index (χ2v) is 7.74. The van der Waals surface area contributed by atoms with Gasteiger partial charge in [0.2, 0.25) is 0 Å². The Morgan fingerprint density at radius 3 is 2.00 bits per heavy atom. The Balaban J connectivity index is 0.000000188. The maximum absolute atomic E-state index is 10.4. The Morgan fingerprint density at radius 2 is 1.41 bits per heavy atom. The van der Waals surface area contributed by atoms with Crippen LogP contribution in [-0.2, 0) is 10.1 Å². The van der Waals surface area contributed by atoms with Gasteiger partial charge in [-0.25, -0.2) is 8.42 Å². The smallest absolute Gasteiger partial charge is 0.257 e. The molecule has 29 heavy (non-hydrogen) atoms. The molecule has 0 atom stereocenters. The van der Waals surface area contributed by atoms with Crippen molar-refractivity contribution in [2.45, 2.75) is 11.8 Å². The van der Waals surface area contributed by atoms with Gasteiger partial charge in [-0.1, -0.05) is 48.0 Å². The van der Waals surface area contributed by atoms with Crippen LogP contribution in [0, 0.1) is 6.92 Å². The maximum atomic E-state index is 10.4. The van der Waals surface area contributed by atoms with Crippen LogP contribution in [0.4, 0.5) is 0 Å². The number of pyridine rings is 1. The molecule has 0 radical (unpaired) electrons. The minimum Gasteiger partial charge on any atom is -0.744 e. The van der Waals surface area contributed by atoms with E-state index in [0.29, 0.717) is 16.5 Å². The zero-order valence-corrected chi connectivity index (χ0v) is 16.4. The summed E-state index contributed by atoms with van der Waals surface area (Å²) in [6, 6.07) is 20.2. The van der Waals surface area contributed by atoms with Crippen molar-refractivity contribution in [3.05, 3.63) is 90.8 Å². The molecule has 1 aromatic heterocycles. The molecule has 0 spiro atoms. The molecule has 4 aromatic rings. The van der Waals surface area contributed by atoms with E-state index in [1.165, 1.54) is 12.1 Å². The fourth-order valence-corrected chi connectivity index (χ4v) is 3.26. The Labute approximate surface area is 168 Å². The summed E-state index contributed by atoms with van der Waals surface area (Å²) in [5.74, 6) is 0.328. The second-order valence-electron chi connectivity index (χ2n) is 6.36. The van der Waals surface area contributed by atoms with E-state index in [9.17, 15) is 23.2 Å². The molecule has 0 bridgehead atoms. The summed E-state index contributed by atoms with van der Waals surface area (Å²) >= 11 is 0. The van der Waals surface area contributed by atoms with Crippen LogP contribution >= 0.6 is 0 Å². The lowest BCUT2D eigenvalue weighted by Gasteiger charge is -2.05. The summed E-state index contributed by atoms with van der Waals surface area (Å²) in [4.78, 5) is -0.178. The van der Waals surface area contributed by atoms with Crippen LogP contribution in [0.1, 0.15) is 5.56 Å². The predicted molar refractivity (Wildman–Crippen MR) is 108 cm³/mol. The molecule has 3 aromatic carbocycles. The van der Waals surface area contributed by atoms with Crippen LogP contribution < -0.4 is 4.57 Å². The van der Waals surface area contributed by atoms with Crippen molar-refractivity contribution in [2.24, 2.45) is 0 Å². The van der Waals surface area contributed by atoms with Gasteiger partial charge in [-0.2, -0.15) is 4.57 Å². The lowest BCUT2D eigenvalue weighted by molar-refractivity contribution is -0.596. The van der Waals surface area contributed by atoms with Gasteiger partial charge in [-0.05, 0) is 19.1 Å². The number of nitrogens with zero attached hydrogens (tertiary/aromatic N) is 1. The molecule has 0 aliphatic heterocycles. The standard InChI is InChI=1S/C15H11NO2.C7H8O3S/c17-14-10-13(16-8-4-1-5-9-16)15(18)12-7-3-2-6-11(12)14;1-6-2-4-7(5-3-6)11(8,9)10/h1-10H,(H-,17,18);2-5H,1H3,(H,8,9,10). The minimum atomic E-state index is -4.27. The number of aromatic hydroxyl groups is 2. The van der Waals surface area contributed by atoms with Gasteiger partial charge in [-0.15, -0.1) is 0 Å². The van der Waals surface area contributed by atoms with E-state index in [-0.39, 0.29) is 16.4 Å². The third kappa shape index (κ3) is 4.71. The summed E-state index contributed by atoms with van der Waals surface area (Å²) in [6.07, 6.45) is 3.65. The second kappa shape index (κ2) is 8.30. The summed E-state index contributed by atoms with van der Waals surface area (Å²) < 4.78 is 32.9. The number of phenolic OH excluding ortho intramolecular Hbond substituents is 2. The molecule has 1 heterocycles. The Bertz CT molecular complexity index is 1240. The van der Waals surface area contributed by atoms with Gasteiger partial charge < -0.3 is 14.8 Å². The Morgan fingerprint density at radius 1 is 0.828 bits per heavy atom. The fraction of sp³-hybridized carbons (Fsp3) is 0.0455. The fourth-order valence-electron chi connectivity index (χ4n) is 2.79. The number of hydrogen-bond acceptors (Lipinski definition) is 5. The molecule has 2 N–H and O–H groups in total. The molecule has 0 amide bonds. The first-order valence-electron chi connectivity index (χ1n) is 8.70. The van der Waals surface area contributed by atoms with Crippen molar-refractivity contribution >= 4 is 20.9 Å². The summed E-state index contributed by atoms with van der Waals surface area (Å²) in [5.41, 5.74) is 1.49. The van der Waals surface area contributed by atoms with Gasteiger partial charge in [0, 0.05) is 22.9 Å². The molecule has 0 saturated carbocycles. The lowest BCUT2D eigenvalue weighted by Crippen LogP contribution is -2.28. The molecule has 0 fully saturated rings. The highest BCUT2D eigenvalue weighted by Crippen LogP contribution is 2.35. The average molecular weight is 409 g/mol. The van der Waals surface area contributed by atoms with Crippen LogP contribution in [0.25, 0.3) is 16.5 Å². The molecular weight excluding hydrogens is 390 g/mol. The molecule has 148 valence electrons. The van der Waals surface area contributed by atoms with E-state index in [4.69, 9.17) is 0 Å². The Kier molecular flexibility index (Phi) is 5.81. The van der Waals surface area contributed by atoms with Gasteiger partial charge in [-0.3, -0.25) is 0 Å². The average Bonchev–Trinajstić information content (AvgIpc) is 2.71. The number of hydrogen-bond donors (Lipinski definition) is 2. The van der Waals surface area contributed by atoms with Gasteiger partial charge in [0.25, 0.3) is 5.69 Å². The van der Waals surface area contributed by atoms with E-state index in [0.717, 1.165) is 5.56 Å². The van der Waals surface area contributed by atoms with Gasteiger partial charge in [0.1, 0.15) is 15.9 Å². The van der Waals surface area contributed by atoms with Crippen LogP contribution in [0.2, 0.25) is 0 Å². The van der Waals surface area contributed by atoms with Crippen molar-refractivity contribution < 1.29 is 27.8 Å². The molecule has 0 unspecified atom stereocenters. The third-order valence-electron chi connectivity index (χ3n) is 4.28. The monoisotopic (exact) mass is 409 g/mol. The molecule has 6 nitrogen and oxygen atoms in total. The first kappa shape index (κ1) is 20.3. The predicted octanol–water partition coefficient (Wildman–Crippen LogP) is 3.43. The first-order valence-corrected chi connectivity index (χ1v) is 10.1. The molecule has 7 heteroatoms. The molecule has 4 rings (SSSR count). The molecular formula is C22H19NO5S. The number of phenols is 2. The largest absolute Gasteiger partial charge is 0.744 e. The highest BCUT2D eigenvalue weighted by atomic mass is 32.2. The van der Waals surface area contributed by atoms with Crippen molar-refractivity contribution in [3.8, 4) is 17.2 Å². The minimum absolute atomic E-state index is 0.162. The van der Waals surface area contributed by atoms with E-state index >= 15 is 0 Å². The van der Waals surface area contributed by atoms with E-state index in [1.807, 2.05) is 49.6 Å². The van der Waals surface area contributed by atoms with E-state index < -0.39 is 10.1 Å². The molecule has 0 aliphatic rings. The van der Waals surface area contributed by atoms with E-state index in [2.05, 4.69) is 0 Å². The third-order valence-corrected chi connectivity index (χ3v) is 5.13. The summed E-state index contributed by atoms with van der Waals surface area (Å²) in [6.45, 7) is 1.82. The summed E-state index contributed by atoms with van der Waals surface area (Å²) in [5, 5.41) is 21.6. The van der Waals surface area contributed by atoms with Crippen LogP contribution in [0.3, 0.4) is 0 Å². The maximum Gasteiger partial charge on any atom is 0.257 e. The Hall–Kier alpha value is -3.42. The van der Waals surface area contributed by atoms with Crippen molar-refractivity contribution in [3.63, 3.8) is 0 Å². The van der Waals surface area contributed by atoms with Crippen LogP contribution in [0.5, 0.6) is 11.5 Å². The molecule has 0 aliphatic carbocycles. The van der Waals surface area contributed by atoms with Crippen molar-refractivity contribution in [1.82, 2.24) is 0 Å². The van der Waals surface area contributed by atoms with E-state index in [1.54, 1.807) is 34.9 Å². The number of rotatable bonds is 2. The highest BCUT2D eigenvalue weighted by Gasteiger charge is 2.17. The van der Waals surface area contributed by atoms with Crippen molar-refractivity contribution in [2.75, 3.05) is 0 Å². The summed E-state index contributed by atoms with van der Waals surface area (Å²) in [7, 11) is -4.27. The SMILES string of the molecule is Cc1ccc(S(=O)(=O)[O-])cc1.Oc1cc(-[n+]2ccccc2)c(O)c2ccccc12. The van der Waals surface area contributed by atoms with Gasteiger partial charge in [0.05, 0.1) is 11.0 Å². The van der Waals surface area contributed by atoms with Crippen LogP contribution in [0.15, 0.2) is 90.1 Å². The zero-order valence-electron chi connectivity index (χ0n) is 15.6. The number of fused-ring (bicyclic) bond motifs is 1. The topological polar surface area (TPSA) is 102 Å². The van der Waals surface area contributed by atoms with Crippen molar-refractivity contribution in [1.29, 1.82) is 0 Å². The number of aryl methyl sites for hydroxylation is 1. The normalized spacial score (nSPS) is 11.0. The van der Waals surface area contributed by atoms with Gasteiger partial charge >= 0.3 is 0 Å². The van der Waals surface area contributed by atoms with Crippen LogP contribution in [-0.4, -0.2) is 23.2 Å². The van der Waals surface area contributed by atoms with Gasteiger partial charge in [0.15, 0.2) is 18.1 Å². The zero-order chi connectivity index (χ0) is 21.0. The number of benzene rings is 3. The lowest BCUT2D eigenvalue weighted by atomic mass is 10.1. The quantitative estimate of drug-likeness (QED) is 0.300. The number of aromatic nitrogens is 1. The first-order chi connectivity index (χ1) is 13.8.